The molecular weight excluding hydrogens is 214 g/mol. The summed E-state index contributed by atoms with van der Waals surface area (Å²) >= 11 is 0. The topological polar surface area (TPSA) is 113 Å². The zero-order valence-electron chi connectivity index (χ0n) is 8.58. The second-order valence-corrected chi connectivity index (χ2v) is 2.75. The average molecular weight is 233 g/mol. The zero-order valence-corrected chi connectivity index (χ0v) is 8.39. The summed E-state index contributed by atoms with van der Waals surface area (Å²) in [6, 6.07) is 0. The van der Waals surface area contributed by atoms with Gasteiger partial charge in [0.05, 0.1) is 12.7 Å². The third kappa shape index (κ3) is 5.06. The maximum absolute atomic E-state index is 9.24. The molecule has 0 bridgehead atoms. The molecule has 0 heterocycles. The molecule has 0 aliphatic heterocycles. The molecule has 4 atom stereocenters. The van der Waals surface area contributed by atoms with Gasteiger partial charge in [-0.25, -0.2) is 0 Å². The molecule has 6 nitrogen and oxygen atoms in total. The monoisotopic (exact) mass is 232 g/mol. The van der Waals surface area contributed by atoms with Gasteiger partial charge in [0.15, 0.2) is 0 Å². The van der Waals surface area contributed by atoms with Gasteiger partial charge < -0.3 is 30.8 Å². The summed E-state index contributed by atoms with van der Waals surface area (Å²) in [6.45, 7) is -0.767. The molecule has 6 N–H and O–H groups in total. The largest absolute Gasteiger partial charge is 0.394 e. The van der Waals surface area contributed by atoms with Crippen LogP contribution in [-0.4, -0.2) is 70.1 Å². The molecule has 0 aliphatic carbocycles. The Kier molecular flexibility index (Phi) is 8.40. The lowest BCUT2D eigenvalue weighted by atomic mass is 10.0. The first-order chi connectivity index (χ1) is 6.54. The van der Waals surface area contributed by atoms with E-state index in [4.69, 9.17) is 16.7 Å². The van der Waals surface area contributed by atoms with Crippen LogP contribution in [0.1, 0.15) is 1.37 Å². The SMILES string of the molecule is Cl.[2H]CNC[C@H](O)[C@@H](O)[C@H](O)[C@H](O)CO. The van der Waals surface area contributed by atoms with E-state index in [2.05, 4.69) is 5.32 Å². The second kappa shape index (κ2) is 8.37. The highest BCUT2D eigenvalue weighted by Crippen LogP contribution is 2.04. The van der Waals surface area contributed by atoms with Gasteiger partial charge in [0.2, 0.25) is 0 Å². The zero-order chi connectivity index (χ0) is 11.1. The molecule has 0 spiro atoms. The molecule has 0 unspecified atom stereocenters. The van der Waals surface area contributed by atoms with E-state index in [9.17, 15) is 10.2 Å². The van der Waals surface area contributed by atoms with Gasteiger partial charge in [0, 0.05) is 7.92 Å². The standard InChI is InChI=1S/C7H17NO5.ClH/c1-8-2-4(10)6(12)7(13)5(11)3-9;/h4-13H,2-3H2,1H3;1H/t4-,5+,6+,7+;/m0./s1/i1D;. The van der Waals surface area contributed by atoms with Crippen molar-refractivity contribution in [3.05, 3.63) is 0 Å². The summed E-state index contributed by atoms with van der Waals surface area (Å²) in [5, 5.41) is 47.5. The van der Waals surface area contributed by atoms with Crippen LogP contribution in [0.3, 0.4) is 0 Å². The third-order valence-electron chi connectivity index (χ3n) is 1.68. The minimum Gasteiger partial charge on any atom is -0.394 e. The Morgan fingerprint density at radius 3 is 2.07 bits per heavy atom. The van der Waals surface area contributed by atoms with Crippen molar-refractivity contribution in [2.45, 2.75) is 24.4 Å². The van der Waals surface area contributed by atoms with Crippen molar-refractivity contribution in [3.8, 4) is 0 Å². The first-order valence-corrected chi connectivity index (χ1v) is 3.87. The van der Waals surface area contributed by atoms with Crippen molar-refractivity contribution in [2.75, 3.05) is 20.2 Å². The minimum atomic E-state index is -1.61. The van der Waals surface area contributed by atoms with E-state index in [0.717, 1.165) is 0 Å². The summed E-state index contributed by atoms with van der Waals surface area (Å²) < 4.78 is 6.71. The lowest BCUT2D eigenvalue weighted by Gasteiger charge is -2.25. The fraction of sp³-hybridized carbons (Fsp3) is 1.00. The average Bonchev–Trinajstić information content (AvgIpc) is 2.22. The van der Waals surface area contributed by atoms with E-state index < -0.39 is 31.0 Å². The van der Waals surface area contributed by atoms with Gasteiger partial charge in [-0.2, -0.15) is 0 Å². The number of hydrogen-bond acceptors (Lipinski definition) is 6. The highest BCUT2D eigenvalue weighted by atomic mass is 35.5. The molecule has 0 aromatic heterocycles. The van der Waals surface area contributed by atoms with Crippen LogP contribution in [0.4, 0.5) is 0 Å². The van der Waals surface area contributed by atoms with Crippen molar-refractivity contribution in [1.29, 1.82) is 0 Å². The van der Waals surface area contributed by atoms with Crippen molar-refractivity contribution in [2.24, 2.45) is 0 Å². The van der Waals surface area contributed by atoms with E-state index in [1.165, 1.54) is 0 Å². The minimum absolute atomic E-state index is 0. The van der Waals surface area contributed by atoms with Gasteiger partial charge in [-0.15, -0.1) is 12.4 Å². The van der Waals surface area contributed by atoms with Gasteiger partial charge in [0.1, 0.15) is 18.3 Å². The summed E-state index contributed by atoms with van der Waals surface area (Å²) in [7, 11) is -0.123. The molecule has 0 saturated heterocycles. The molecule has 0 aromatic rings. The Morgan fingerprint density at radius 2 is 1.64 bits per heavy atom. The first kappa shape index (κ1) is 14.1. The van der Waals surface area contributed by atoms with Crippen molar-refractivity contribution < 1.29 is 26.9 Å². The normalized spacial score (nSPS) is 20.2. The Morgan fingerprint density at radius 1 is 1.14 bits per heavy atom. The van der Waals surface area contributed by atoms with Crippen molar-refractivity contribution >= 4 is 12.4 Å². The van der Waals surface area contributed by atoms with Gasteiger partial charge in [-0.3, -0.25) is 0 Å². The molecule has 0 radical (unpaired) electrons. The molecule has 0 fully saturated rings. The van der Waals surface area contributed by atoms with E-state index in [1.807, 2.05) is 0 Å². The molecule has 0 aliphatic rings. The number of aliphatic hydroxyl groups is 5. The molecule has 14 heavy (non-hydrogen) atoms. The number of hydrogen-bond donors (Lipinski definition) is 6. The third-order valence-corrected chi connectivity index (χ3v) is 1.68. The smallest absolute Gasteiger partial charge is 0.111 e. The Balaban J connectivity index is 0. The molecule has 7 heteroatoms. The maximum Gasteiger partial charge on any atom is 0.111 e. The van der Waals surface area contributed by atoms with Crippen LogP contribution in [0.25, 0.3) is 0 Å². The lowest BCUT2D eigenvalue weighted by molar-refractivity contribution is -0.113. The Labute approximate surface area is 90.0 Å². The van der Waals surface area contributed by atoms with E-state index in [0.29, 0.717) is 0 Å². The predicted molar refractivity (Wildman–Crippen MR) is 52.3 cm³/mol. The molecule has 0 aromatic carbocycles. The number of nitrogens with one attached hydrogen (secondary N) is 1. The van der Waals surface area contributed by atoms with Crippen molar-refractivity contribution in [1.82, 2.24) is 5.32 Å². The van der Waals surface area contributed by atoms with E-state index >= 15 is 0 Å². The summed E-state index contributed by atoms with van der Waals surface area (Å²) in [5.41, 5.74) is 0. The summed E-state index contributed by atoms with van der Waals surface area (Å²) in [4.78, 5) is 0. The first-order valence-electron chi connectivity index (χ1n) is 4.58. The van der Waals surface area contributed by atoms with Gasteiger partial charge in [0.25, 0.3) is 0 Å². The van der Waals surface area contributed by atoms with Crippen LogP contribution in [0.2, 0.25) is 0 Å². The number of aliphatic hydroxyl groups excluding tert-OH is 5. The Hall–Kier alpha value is 0.0500. The molecule has 0 amide bonds. The van der Waals surface area contributed by atoms with Crippen LogP contribution >= 0.6 is 12.4 Å². The highest BCUT2D eigenvalue weighted by molar-refractivity contribution is 5.85. The predicted octanol–water partition coefficient (Wildman–Crippen LogP) is -2.94. The number of rotatable bonds is 6. The molecule has 88 valence electrons. The van der Waals surface area contributed by atoms with Crippen molar-refractivity contribution in [3.63, 3.8) is 0 Å². The van der Waals surface area contributed by atoms with E-state index in [1.54, 1.807) is 0 Å². The quantitative estimate of drug-likeness (QED) is 0.292. The number of likely N-dealkylation sites (N-methyl/N-ethyl adjacent to an activating group) is 1. The second-order valence-electron chi connectivity index (χ2n) is 2.75. The maximum atomic E-state index is 9.24. The van der Waals surface area contributed by atoms with Crippen LogP contribution in [0.15, 0.2) is 0 Å². The highest BCUT2D eigenvalue weighted by Gasteiger charge is 2.29. The van der Waals surface area contributed by atoms with Crippen LogP contribution < -0.4 is 5.32 Å². The van der Waals surface area contributed by atoms with Crippen LogP contribution in [-0.2, 0) is 0 Å². The van der Waals surface area contributed by atoms with Gasteiger partial charge in [-0.1, -0.05) is 0 Å². The molecular formula is C7H18ClNO5. The summed E-state index contributed by atoms with van der Waals surface area (Å²) in [6.07, 6.45) is -5.95. The van der Waals surface area contributed by atoms with Gasteiger partial charge in [-0.05, 0) is 7.02 Å². The fourth-order valence-electron chi connectivity index (χ4n) is 0.832. The van der Waals surface area contributed by atoms with E-state index in [-0.39, 0.29) is 26.0 Å². The molecule has 0 rings (SSSR count). The molecule has 0 saturated carbocycles. The fourth-order valence-corrected chi connectivity index (χ4v) is 0.832. The van der Waals surface area contributed by atoms with Crippen LogP contribution in [0.5, 0.6) is 0 Å². The van der Waals surface area contributed by atoms with Crippen LogP contribution in [0, 0.1) is 0 Å². The Bertz CT molecular complexity index is 155. The number of halogens is 1. The summed E-state index contributed by atoms with van der Waals surface area (Å²) in [5.74, 6) is 0. The van der Waals surface area contributed by atoms with Gasteiger partial charge >= 0.3 is 0 Å². The lowest BCUT2D eigenvalue weighted by Crippen LogP contribution is -2.48.